The molecule has 0 radical (unpaired) electrons. The molecule has 0 unspecified atom stereocenters. The SMILES string of the molecule is C[C@H](n1ncn(-c2ccc(N3CCN(c4ccc(Cl)cc4Cl)CC3)cc2)c1=O)[C@@](O)(Cn1cncn1)c1ccc(F)cc1F. The fourth-order valence-corrected chi connectivity index (χ4v) is 6.10. The van der Waals surface area contributed by atoms with Gasteiger partial charge in [-0.15, -0.1) is 0 Å². The van der Waals surface area contributed by atoms with Crippen molar-refractivity contribution >= 4 is 34.6 Å². The summed E-state index contributed by atoms with van der Waals surface area (Å²) in [5, 5.41) is 21.4. The molecule has 5 aromatic rings. The van der Waals surface area contributed by atoms with Crippen LogP contribution in [0.2, 0.25) is 10.0 Å². The molecule has 44 heavy (non-hydrogen) atoms. The van der Waals surface area contributed by atoms with E-state index in [9.17, 15) is 18.7 Å². The molecule has 0 bridgehead atoms. The zero-order chi connectivity index (χ0) is 31.0. The van der Waals surface area contributed by atoms with Crippen molar-refractivity contribution in [3.63, 3.8) is 0 Å². The van der Waals surface area contributed by atoms with Gasteiger partial charge in [0.2, 0.25) is 0 Å². The van der Waals surface area contributed by atoms with E-state index in [4.69, 9.17) is 23.2 Å². The van der Waals surface area contributed by atoms with Gasteiger partial charge in [-0.25, -0.2) is 32.5 Å². The van der Waals surface area contributed by atoms with Crippen LogP contribution in [0.4, 0.5) is 20.2 Å². The lowest BCUT2D eigenvalue weighted by Crippen LogP contribution is -2.46. The van der Waals surface area contributed by atoms with Crippen LogP contribution in [0.3, 0.4) is 0 Å². The molecule has 1 N–H and O–H groups in total. The quantitative estimate of drug-likeness (QED) is 0.263. The van der Waals surface area contributed by atoms with E-state index in [2.05, 4.69) is 25.0 Å². The smallest absolute Gasteiger partial charge is 0.350 e. The number of piperazine rings is 1. The number of nitrogens with zero attached hydrogens (tertiary/aromatic N) is 8. The van der Waals surface area contributed by atoms with Gasteiger partial charge in [0, 0.05) is 48.5 Å². The molecule has 1 aliphatic heterocycles. The molecule has 3 heterocycles. The van der Waals surface area contributed by atoms with Gasteiger partial charge in [-0.3, -0.25) is 0 Å². The summed E-state index contributed by atoms with van der Waals surface area (Å²) in [4.78, 5) is 21.9. The molecule has 6 rings (SSSR count). The summed E-state index contributed by atoms with van der Waals surface area (Å²) >= 11 is 12.4. The van der Waals surface area contributed by atoms with Gasteiger partial charge in [0.15, 0.2) is 0 Å². The minimum absolute atomic E-state index is 0.203. The van der Waals surface area contributed by atoms with E-state index in [0.29, 0.717) is 21.8 Å². The number of benzene rings is 3. The van der Waals surface area contributed by atoms with E-state index in [0.717, 1.165) is 54.4 Å². The largest absolute Gasteiger partial charge is 0.381 e. The lowest BCUT2D eigenvalue weighted by molar-refractivity contribution is -0.0381. The molecule has 3 aromatic carbocycles. The summed E-state index contributed by atoms with van der Waals surface area (Å²) in [6, 6.07) is 14.8. The zero-order valence-electron chi connectivity index (χ0n) is 23.6. The zero-order valence-corrected chi connectivity index (χ0v) is 25.1. The van der Waals surface area contributed by atoms with Crippen molar-refractivity contribution in [1.82, 2.24) is 29.1 Å². The van der Waals surface area contributed by atoms with Gasteiger partial charge in [0.25, 0.3) is 0 Å². The molecule has 0 spiro atoms. The molecule has 2 aromatic heterocycles. The van der Waals surface area contributed by atoms with Gasteiger partial charge < -0.3 is 14.9 Å². The summed E-state index contributed by atoms with van der Waals surface area (Å²) in [6.45, 7) is 4.38. The van der Waals surface area contributed by atoms with Crippen LogP contribution in [0.5, 0.6) is 0 Å². The number of hydrogen-bond donors (Lipinski definition) is 1. The third-order valence-electron chi connectivity index (χ3n) is 8.04. The van der Waals surface area contributed by atoms with Crippen molar-refractivity contribution < 1.29 is 13.9 Å². The second kappa shape index (κ2) is 12.0. The molecule has 1 saturated heterocycles. The van der Waals surface area contributed by atoms with Gasteiger partial charge in [0.05, 0.1) is 29.0 Å². The van der Waals surface area contributed by atoms with Crippen LogP contribution >= 0.6 is 23.2 Å². The fourth-order valence-electron chi connectivity index (χ4n) is 5.57. The van der Waals surface area contributed by atoms with E-state index in [-0.39, 0.29) is 12.1 Å². The molecule has 1 aliphatic rings. The Morgan fingerprint density at radius 3 is 2.27 bits per heavy atom. The average molecular weight is 642 g/mol. The summed E-state index contributed by atoms with van der Waals surface area (Å²) in [7, 11) is 0. The maximum absolute atomic E-state index is 15.0. The molecule has 228 valence electrons. The number of aromatic nitrogens is 6. The normalized spacial score (nSPS) is 15.8. The van der Waals surface area contributed by atoms with E-state index in [1.54, 1.807) is 13.0 Å². The lowest BCUT2D eigenvalue weighted by Gasteiger charge is -2.37. The fraction of sp³-hybridized carbons (Fsp3) is 0.267. The molecule has 0 saturated carbocycles. The van der Waals surface area contributed by atoms with Crippen molar-refractivity contribution in [3.8, 4) is 5.69 Å². The highest BCUT2D eigenvalue weighted by Crippen LogP contribution is 2.36. The van der Waals surface area contributed by atoms with Crippen molar-refractivity contribution in [2.45, 2.75) is 25.1 Å². The molecule has 0 amide bonds. The van der Waals surface area contributed by atoms with Crippen LogP contribution in [0.1, 0.15) is 18.5 Å². The molecular formula is C30H28Cl2F2N8O2. The molecule has 2 atom stereocenters. The first-order valence-corrected chi connectivity index (χ1v) is 14.6. The lowest BCUT2D eigenvalue weighted by atomic mass is 9.86. The Morgan fingerprint density at radius 2 is 1.61 bits per heavy atom. The van der Waals surface area contributed by atoms with Gasteiger partial charge in [-0.2, -0.15) is 10.2 Å². The Bertz CT molecular complexity index is 1820. The van der Waals surface area contributed by atoms with Crippen LogP contribution in [-0.2, 0) is 12.1 Å². The van der Waals surface area contributed by atoms with Crippen LogP contribution in [0, 0.1) is 11.6 Å². The Labute approximate surface area is 261 Å². The van der Waals surface area contributed by atoms with E-state index in [1.165, 1.54) is 28.2 Å². The predicted molar refractivity (Wildman–Crippen MR) is 164 cm³/mol. The van der Waals surface area contributed by atoms with E-state index in [1.807, 2.05) is 36.4 Å². The van der Waals surface area contributed by atoms with Crippen LogP contribution in [0.25, 0.3) is 5.69 Å². The van der Waals surface area contributed by atoms with Crippen molar-refractivity contribution in [3.05, 3.63) is 117 Å². The van der Waals surface area contributed by atoms with Gasteiger partial charge >= 0.3 is 5.69 Å². The maximum atomic E-state index is 15.0. The summed E-state index contributed by atoms with van der Waals surface area (Å²) < 4.78 is 32.4. The van der Waals surface area contributed by atoms with Crippen LogP contribution in [-0.4, -0.2) is 60.4 Å². The van der Waals surface area contributed by atoms with Crippen molar-refractivity contribution in [2.24, 2.45) is 0 Å². The maximum Gasteiger partial charge on any atom is 0.350 e. The molecule has 1 fully saturated rings. The highest BCUT2D eigenvalue weighted by atomic mass is 35.5. The number of aliphatic hydroxyl groups is 1. The predicted octanol–water partition coefficient (Wildman–Crippen LogP) is 4.69. The van der Waals surface area contributed by atoms with Gasteiger partial charge in [0.1, 0.15) is 36.2 Å². The summed E-state index contributed by atoms with van der Waals surface area (Å²) in [5.41, 5.74) is -0.261. The standard InChI is InChI=1S/C30H28Cl2F2N8O2/c1-20(30(44,16-40-18-35-17-36-40)25-8-3-22(33)15-27(25)34)42-29(43)41(19-37-42)24-6-4-23(5-7-24)38-10-12-39(13-11-38)28-9-2-21(31)14-26(28)32/h2-9,14-15,17-20,44H,10-13,16H2,1H3/t20-,30-/m0/s1. The Hall–Kier alpha value is -4.26. The Kier molecular flexibility index (Phi) is 8.14. The third-order valence-corrected chi connectivity index (χ3v) is 8.58. The number of hydrogen-bond acceptors (Lipinski definition) is 7. The van der Waals surface area contributed by atoms with Crippen LogP contribution in [0.15, 0.2) is 84.4 Å². The second-order valence-corrected chi connectivity index (χ2v) is 11.5. The Morgan fingerprint density at radius 1 is 0.909 bits per heavy atom. The average Bonchev–Trinajstić information content (AvgIpc) is 3.66. The first-order chi connectivity index (χ1) is 21.1. The van der Waals surface area contributed by atoms with Crippen molar-refractivity contribution in [1.29, 1.82) is 0 Å². The monoisotopic (exact) mass is 640 g/mol. The summed E-state index contributed by atoms with van der Waals surface area (Å²) in [5.74, 6) is -1.75. The highest BCUT2D eigenvalue weighted by Gasteiger charge is 2.42. The minimum atomic E-state index is -2.03. The molecule has 10 nitrogen and oxygen atoms in total. The number of anilines is 2. The third kappa shape index (κ3) is 5.68. The molecule has 0 aliphatic carbocycles. The summed E-state index contributed by atoms with van der Waals surface area (Å²) in [6.07, 6.45) is 3.97. The highest BCUT2D eigenvalue weighted by molar-refractivity contribution is 6.36. The Balaban J connectivity index is 1.21. The first kappa shape index (κ1) is 29.8. The van der Waals surface area contributed by atoms with E-state index < -0.39 is 29.0 Å². The minimum Gasteiger partial charge on any atom is -0.381 e. The first-order valence-electron chi connectivity index (χ1n) is 13.9. The molecular weight excluding hydrogens is 613 g/mol. The van der Waals surface area contributed by atoms with Gasteiger partial charge in [-0.1, -0.05) is 29.3 Å². The van der Waals surface area contributed by atoms with Crippen LogP contribution < -0.4 is 15.5 Å². The number of rotatable bonds is 8. The second-order valence-electron chi connectivity index (χ2n) is 10.6. The van der Waals surface area contributed by atoms with Gasteiger partial charge in [-0.05, 0) is 55.5 Å². The number of halogens is 4. The topological polar surface area (TPSA) is 97.2 Å². The molecule has 14 heteroatoms. The van der Waals surface area contributed by atoms with E-state index >= 15 is 0 Å². The van der Waals surface area contributed by atoms with Crippen molar-refractivity contribution in [2.75, 3.05) is 36.0 Å².